The number of anilines is 1. The zero-order valence-electron chi connectivity index (χ0n) is 21.4. The number of fused-ring (bicyclic) bond motifs is 2. The molecule has 2 N–H and O–H groups in total. The largest absolute Gasteiger partial charge is 0.383 e. The van der Waals surface area contributed by atoms with Crippen LogP contribution in [0.15, 0.2) is 61.2 Å². The third-order valence-corrected chi connectivity index (χ3v) is 8.18. The standard InChI is InChI=1S/C29H32N8O/c30-28-26-27(21-6-11-25-24(16-21)33-19-36(25)17-20-4-2-1-3-5-20)34-37(29(26)32-18-31-28)23-9-7-22(8-10-23)35-12-14-38-15-13-35/h1-6,11,16,18-19,22-23H,7-10,12-15,17H2,(H2,30,31,32). The van der Waals surface area contributed by atoms with E-state index < -0.39 is 0 Å². The Morgan fingerprint density at radius 3 is 2.50 bits per heavy atom. The van der Waals surface area contributed by atoms with Gasteiger partial charge in [-0.15, -0.1) is 0 Å². The summed E-state index contributed by atoms with van der Waals surface area (Å²) in [6.07, 6.45) is 7.92. The predicted molar refractivity (Wildman–Crippen MR) is 148 cm³/mol. The van der Waals surface area contributed by atoms with Crippen LogP contribution in [-0.2, 0) is 11.3 Å². The van der Waals surface area contributed by atoms with E-state index in [2.05, 4.69) is 66.6 Å². The summed E-state index contributed by atoms with van der Waals surface area (Å²) in [5, 5.41) is 5.95. The number of nitrogens with zero attached hydrogens (tertiary/aromatic N) is 7. The first-order valence-electron chi connectivity index (χ1n) is 13.5. The maximum atomic E-state index is 6.42. The van der Waals surface area contributed by atoms with Crippen LogP contribution in [0.25, 0.3) is 33.3 Å². The van der Waals surface area contributed by atoms with Gasteiger partial charge in [0.05, 0.1) is 42.0 Å². The van der Waals surface area contributed by atoms with Crippen molar-refractivity contribution in [3.8, 4) is 11.3 Å². The van der Waals surface area contributed by atoms with Crippen LogP contribution in [0.1, 0.15) is 37.3 Å². The first-order valence-corrected chi connectivity index (χ1v) is 13.5. The van der Waals surface area contributed by atoms with Crippen LogP contribution in [-0.4, -0.2) is 66.5 Å². The molecular formula is C29H32N8O. The second kappa shape index (κ2) is 9.81. The number of benzene rings is 2. The van der Waals surface area contributed by atoms with Gasteiger partial charge in [0.25, 0.3) is 0 Å². The maximum Gasteiger partial charge on any atom is 0.164 e. The van der Waals surface area contributed by atoms with Crippen molar-refractivity contribution in [3.05, 3.63) is 66.7 Å². The summed E-state index contributed by atoms with van der Waals surface area (Å²) in [5.41, 5.74) is 12.3. The Bertz CT molecular complexity index is 1560. The fourth-order valence-electron chi connectivity index (χ4n) is 6.18. The molecule has 0 amide bonds. The van der Waals surface area contributed by atoms with Crippen LogP contribution in [0, 0.1) is 0 Å². The van der Waals surface area contributed by atoms with Crippen LogP contribution >= 0.6 is 0 Å². The SMILES string of the molecule is Nc1ncnc2c1c(-c1ccc3c(c1)ncn3Cc1ccccc1)nn2C1CCC(N2CCOCC2)CC1. The summed E-state index contributed by atoms with van der Waals surface area (Å²) in [6, 6.07) is 17.7. The summed E-state index contributed by atoms with van der Waals surface area (Å²) >= 11 is 0. The normalized spacial score (nSPS) is 20.8. The lowest BCUT2D eigenvalue weighted by atomic mass is 9.90. The molecule has 1 saturated heterocycles. The average molecular weight is 509 g/mol. The van der Waals surface area contributed by atoms with Gasteiger partial charge in [0.1, 0.15) is 17.8 Å². The molecule has 194 valence electrons. The lowest BCUT2D eigenvalue weighted by Crippen LogP contribution is -2.45. The lowest BCUT2D eigenvalue weighted by Gasteiger charge is -2.38. The minimum atomic E-state index is 0.298. The van der Waals surface area contributed by atoms with E-state index in [4.69, 9.17) is 20.6 Å². The minimum absolute atomic E-state index is 0.298. The zero-order chi connectivity index (χ0) is 25.5. The van der Waals surface area contributed by atoms with Gasteiger partial charge in [-0.05, 0) is 43.4 Å². The quantitative estimate of drug-likeness (QED) is 0.378. The Hall–Kier alpha value is -3.82. The van der Waals surface area contributed by atoms with Crippen molar-refractivity contribution in [3.63, 3.8) is 0 Å². The molecule has 5 aromatic rings. The van der Waals surface area contributed by atoms with Crippen molar-refractivity contribution in [2.45, 2.75) is 44.3 Å². The highest BCUT2D eigenvalue weighted by Crippen LogP contribution is 2.37. The van der Waals surface area contributed by atoms with Crippen molar-refractivity contribution < 1.29 is 4.74 Å². The van der Waals surface area contributed by atoms with Gasteiger partial charge in [-0.25, -0.2) is 19.6 Å². The van der Waals surface area contributed by atoms with E-state index in [9.17, 15) is 0 Å². The van der Waals surface area contributed by atoms with E-state index in [1.54, 1.807) is 6.33 Å². The minimum Gasteiger partial charge on any atom is -0.383 e. The van der Waals surface area contributed by atoms with E-state index in [1.165, 1.54) is 5.56 Å². The smallest absolute Gasteiger partial charge is 0.164 e. The van der Waals surface area contributed by atoms with E-state index >= 15 is 0 Å². The third kappa shape index (κ3) is 4.21. The number of nitrogens with two attached hydrogens (primary N) is 1. The monoisotopic (exact) mass is 508 g/mol. The molecule has 4 heterocycles. The molecular weight excluding hydrogens is 476 g/mol. The van der Waals surface area contributed by atoms with Crippen molar-refractivity contribution in [1.29, 1.82) is 0 Å². The summed E-state index contributed by atoms with van der Waals surface area (Å²) in [4.78, 5) is 16.3. The van der Waals surface area contributed by atoms with Gasteiger partial charge in [0.2, 0.25) is 0 Å². The van der Waals surface area contributed by atoms with Crippen LogP contribution in [0.2, 0.25) is 0 Å². The van der Waals surface area contributed by atoms with E-state index in [0.29, 0.717) is 17.9 Å². The molecule has 2 aromatic carbocycles. The Balaban J connectivity index is 1.20. The van der Waals surface area contributed by atoms with Crippen molar-refractivity contribution in [2.75, 3.05) is 32.0 Å². The fourth-order valence-corrected chi connectivity index (χ4v) is 6.18. The molecule has 2 aliphatic rings. The van der Waals surface area contributed by atoms with Gasteiger partial charge in [0.15, 0.2) is 5.65 Å². The summed E-state index contributed by atoms with van der Waals surface area (Å²) in [7, 11) is 0. The zero-order valence-corrected chi connectivity index (χ0v) is 21.4. The Labute approximate surface area is 221 Å². The number of hydrogen-bond donors (Lipinski definition) is 1. The number of ether oxygens (including phenoxy) is 1. The molecule has 0 atom stereocenters. The molecule has 3 aromatic heterocycles. The van der Waals surface area contributed by atoms with E-state index in [1.807, 2.05) is 12.4 Å². The average Bonchev–Trinajstić information content (AvgIpc) is 3.56. The highest BCUT2D eigenvalue weighted by atomic mass is 16.5. The molecule has 0 bridgehead atoms. The van der Waals surface area contributed by atoms with Gasteiger partial charge >= 0.3 is 0 Å². The number of imidazole rings is 1. The van der Waals surface area contributed by atoms with E-state index in [0.717, 1.165) is 91.9 Å². The van der Waals surface area contributed by atoms with Crippen LogP contribution in [0.3, 0.4) is 0 Å². The highest BCUT2D eigenvalue weighted by Gasteiger charge is 2.30. The van der Waals surface area contributed by atoms with Gasteiger partial charge in [0, 0.05) is 31.2 Å². The van der Waals surface area contributed by atoms with Crippen molar-refractivity contribution in [1.82, 2.24) is 34.2 Å². The van der Waals surface area contributed by atoms with Gasteiger partial charge in [-0.3, -0.25) is 4.90 Å². The Morgan fingerprint density at radius 1 is 0.895 bits per heavy atom. The van der Waals surface area contributed by atoms with E-state index in [-0.39, 0.29) is 0 Å². The van der Waals surface area contributed by atoms with Crippen LogP contribution in [0.5, 0.6) is 0 Å². The second-order valence-electron chi connectivity index (χ2n) is 10.4. The third-order valence-electron chi connectivity index (χ3n) is 8.18. The molecule has 38 heavy (non-hydrogen) atoms. The summed E-state index contributed by atoms with van der Waals surface area (Å²) < 4.78 is 9.84. The number of hydrogen-bond acceptors (Lipinski definition) is 7. The lowest BCUT2D eigenvalue weighted by molar-refractivity contribution is 0.00520. The van der Waals surface area contributed by atoms with Crippen LogP contribution < -0.4 is 5.73 Å². The summed E-state index contributed by atoms with van der Waals surface area (Å²) in [5.74, 6) is 0.466. The predicted octanol–water partition coefficient (Wildman–Crippen LogP) is 4.29. The van der Waals surface area contributed by atoms with Crippen molar-refractivity contribution >= 4 is 27.9 Å². The molecule has 9 heteroatoms. The Kier molecular flexibility index (Phi) is 6.02. The van der Waals surface area contributed by atoms with Gasteiger partial charge in [-0.2, -0.15) is 5.10 Å². The molecule has 2 fully saturated rings. The molecule has 1 aliphatic heterocycles. The Morgan fingerprint density at radius 2 is 1.68 bits per heavy atom. The first kappa shape index (κ1) is 23.3. The number of aromatic nitrogens is 6. The van der Waals surface area contributed by atoms with Crippen LogP contribution in [0.4, 0.5) is 5.82 Å². The van der Waals surface area contributed by atoms with Crippen molar-refractivity contribution in [2.24, 2.45) is 0 Å². The number of morpholine rings is 1. The van der Waals surface area contributed by atoms with Gasteiger partial charge < -0.3 is 15.0 Å². The molecule has 0 spiro atoms. The molecule has 0 radical (unpaired) electrons. The topological polar surface area (TPSA) is 99.9 Å². The fraction of sp³-hybridized carbons (Fsp3) is 0.379. The molecule has 9 nitrogen and oxygen atoms in total. The van der Waals surface area contributed by atoms with Gasteiger partial charge in [-0.1, -0.05) is 36.4 Å². The molecule has 0 unspecified atom stereocenters. The maximum absolute atomic E-state index is 6.42. The molecule has 1 aliphatic carbocycles. The summed E-state index contributed by atoms with van der Waals surface area (Å²) in [6.45, 7) is 4.55. The second-order valence-corrected chi connectivity index (χ2v) is 10.4. The first-order chi connectivity index (χ1) is 18.7. The highest BCUT2D eigenvalue weighted by molar-refractivity contribution is 5.99. The number of rotatable bonds is 5. The molecule has 1 saturated carbocycles. The molecule has 7 rings (SSSR count). The number of nitrogen functional groups attached to an aromatic ring is 1.